The molecule has 0 spiro atoms. The number of carboxylic acids is 1. The molecule has 0 amide bonds. The Labute approximate surface area is 111 Å². The average molecular weight is 270 g/mol. The van der Waals surface area contributed by atoms with E-state index >= 15 is 0 Å². The van der Waals surface area contributed by atoms with E-state index in [4.69, 9.17) is 16.3 Å². The third-order valence-electron chi connectivity index (χ3n) is 3.28. The second-order valence-corrected chi connectivity index (χ2v) is 4.93. The molecule has 4 nitrogen and oxygen atoms in total. The number of rotatable bonds is 4. The molecule has 2 atom stereocenters. The number of hydrogen-bond donors (Lipinski definition) is 2. The zero-order chi connectivity index (χ0) is 13.1. The van der Waals surface area contributed by atoms with Gasteiger partial charge < -0.3 is 15.2 Å². The Kier molecular flexibility index (Phi) is 4.09. The Hall–Kier alpha value is -1.26. The summed E-state index contributed by atoms with van der Waals surface area (Å²) in [6.07, 6.45) is 0.997. The van der Waals surface area contributed by atoms with Gasteiger partial charge in [-0.2, -0.15) is 0 Å². The molecule has 0 radical (unpaired) electrons. The number of hydrogen-bond acceptors (Lipinski definition) is 3. The highest BCUT2D eigenvalue weighted by Gasteiger charge is 2.24. The van der Waals surface area contributed by atoms with Crippen LogP contribution in [0.2, 0.25) is 5.02 Å². The van der Waals surface area contributed by atoms with Crippen molar-refractivity contribution in [2.45, 2.75) is 19.4 Å². The van der Waals surface area contributed by atoms with Crippen LogP contribution in [0.1, 0.15) is 23.7 Å². The maximum Gasteiger partial charge on any atom is 0.339 e. The van der Waals surface area contributed by atoms with Crippen LogP contribution in [0.4, 0.5) is 5.69 Å². The maximum absolute atomic E-state index is 11.2. The van der Waals surface area contributed by atoms with Crippen LogP contribution < -0.4 is 5.32 Å². The largest absolute Gasteiger partial charge is 0.478 e. The summed E-state index contributed by atoms with van der Waals surface area (Å²) in [6.45, 7) is 3.53. The van der Waals surface area contributed by atoms with Crippen LogP contribution in [0, 0.1) is 5.92 Å². The van der Waals surface area contributed by atoms with Crippen LogP contribution in [-0.2, 0) is 4.74 Å². The lowest BCUT2D eigenvalue weighted by Gasteiger charge is -2.21. The fourth-order valence-corrected chi connectivity index (χ4v) is 2.43. The molecule has 1 aromatic rings. The molecule has 0 aliphatic carbocycles. The molecular weight excluding hydrogens is 254 g/mol. The number of ether oxygens (including phenoxy) is 1. The van der Waals surface area contributed by atoms with Crippen LogP contribution in [0.5, 0.6) is 0 Å². The van der Waals surface area contributed by atoms with Crippen molar-refractivity contribution in [3.63, 3.8) is 0 Å². The lowest BCUT2D eigenvalue weighted by molar-refractivity contribution is 0.0698. The van der Waals surface area contributed by atoms with Gasteiger partial charge in [-0.15, -0.1) is 0 Å². The maximum atomic E-state index is 11.2. The first-order valence-corrected chi connectivity index (χ1v) is 6.33. The summed E-state index contributed by atoms with van der Waals surface area (Å²) < 4.78 is 5.33. The van der Waals surface area contributed by atoms with Crippen LogP contribution >= 0.6 is 11.6 Å². The molecule has 1 aromatic carbocycles. The fraction of sp³-hybridized carbons (Fsp3) is 0.462. The second kappa shape index (κ2) is 5.59. The highest BCUT2D eigenvalue weighted by Crippen LogP contribution is 2.27. The molecule has 5 heteroatoms. The summed E-state index contributed by atoms with van der Waals surface area (Å²) in [5, 5.41) is 12.7. The molecule has 1 aliphatic rings. The van der Waals surface area contributed by atoms with Crippen molar-refractivity contribution < 1.29 is 14.6 Å². The van der Waals surface area contributed by atoms with Gasteiger partial charge in [0.25, 0.3) is 0 Å². The molecule has 2 unspecified atom stereocenters. The molecule has 1 aliphatic heterocycles. The molecule has 2 rings (SSSR count). The topological polar surface area (TPSA) is 58.6 Å². The van der Waals surface area contributed by atoms with E-state index in [1.165, 1.54) is 0 Å². The Morgan fingerprint density at radius 1 is 1.61 bits per heavy atom. The molecule has 0 bridgehead atoms. The molecule has 98 valence electrons. The molecular formula is C13H16ClNO3. The monoisotopic (exact) mass is 269 g/mol. The lowest BCUT2D eigenvalue weighted by Crippen LogP contribution is -2.27. The Morgan fingerprint density at radius 2 is 2.39 bits per heavy atom. The molecule has 0 aromatic heterocycles. The molecule has 1 saturated heterocycles. The van der Waals surface area contributed by atoms with E-state index in [1.54, 1.807) is 18.2 Å². The van der Waals surface area contributed by atoms with Crippen LogP contribution in [0.15, 0.2) is 18.2 Å². The summed E-state index contributed by atoms with van der Waals surface area (Å²) in [5.74, 6) is -0.608. The first kappa shape index (κ1) is 13.2. The fourth-order valence-electron chi connectivity index (χ4n) is 2.17. The van der Waals surface area contributed by atoms with E-state index in [2.05, 4.69) is 5.32 Å². The van der Waals surface area contributed by atoms with Crippen molar-refractivity contribution in [2.75, 3.05) is 18.5 Å². The lowest BCUT2D eigenvalue weighted by atomic mass is 10.00. The van der Waals surface area contributed by atoms with E-state index in [9.17, 15) is 9.90 Å². The van der Waals surface area contributed by atoms with Crippen LogP contribution in [0.25, 0.3) is 0 Å². The van der Waals surface area contributed by atoms with Gasteiger partial charge >= 0.3 is 5.97 Å². The summed E-state index contributed by atoms with van der Waals surface area (Å²) in [4.78, 5) is 11.2. The quantitative estimate of drug-likeness (QED) is 0.882. The van der Waals surface area contributed by atoms with Crippen molar-refractivity contribution in [2.24, 2.45) is 5.92 Å². The van der Waals surface area contributed by atoms with Crippen molar-refractivity contribution in [3.8, 4) is 0 Å². The van der Waals surface area contributed by atoms with E-state index in [0.29, 0.717) is 11.6 Å². The van der Waals surface area contributed by atoms with Crippen LogP contribution in [-0.4, -0.2) is 30.3 Å². The van der Waals surface area contributed by atoms with Gasteiger partial charge in [0.2, 0.25) is 0 Å². The Morgan fingerprint density at radius 3 is 3.00 bits per heavy atom. The average Bonchev–Trinajstić information content (AvgIpc) is 2.81. The van der Waals surface area contributed by atoms with Crippen molar-refractivity contribution >= 4 is 23.3 Å². The van der Waals surface area contributed by atoms with E-state index in [0.717, 1.165) is 19.6 Å². The van der Waals surface area contributed by atoms with Crippen LogP contribution in [0.3, 0.4) is 0 Å². The molecule has 1 fully saturated rings. The van der Waals surface area contributed by atoms with Gasteiger partial charge in [-0.3, -0.25) is 0 Å². The van der Waals surface area contributed by atoms with Gasteiger partial charge in [0.1, 0.15) is 5.56 Å². The van der Waals surface area contributed by atoms with Gasteiger partial charge in [0.05, 0.1) is 17.3 Å². The summed E-state index contributed by atoms with van der Waals surface area (Å²) in [5.41, 5.74) is 0.694. The third kappa shape index (κ3) is 2.76. The minimum absolute atomic E-state index is 0.130. The van der Waals surface area contributed by atoms with E-state index in [-0.39, 0.29) is 16.6 Å². The Bertz CT molecular complexity index is 444. The first-order chi connectivity index (χ1) is 8.59. The van der Waals surface area contributed by atoms with E-state index < -0.39 is 5.97 Å². The summed E-state index contributed by atoms with van der Waals surface area (Å²) in [6, 6.07) is 5.22. The minimum Gasteiger partial charge on any atom is -0.478 e. The normalized spacial score (nSPS) is 20.7. The Balaban J connectivity index is 2.17. The summed E-state index contributed by atoms with van der Waals surface area (Å²) >= 11 is 5.92. The van der Waals surface area contributed by atoms with Crippen molar-refractivity contribution in [1.29, 1.82) is 0 Å². The zero-order valence-corrected chi connectivity index (χ0v) is 10.9. The highest BCUT2D eigenvalue weighted by atomic mass is 35.5. The summed E-state index contributed by atoms with van der Waals surface area (Å²) in [7, 11) is 0. The molecule has 0 saturated carbocycles. The van der Waals surface area contributed by atoms with Gasteiger partial charge in [-0.25, -0.2) is 4.79 Å². The number of benzene rings is 1. The van der Waals surface area contributed by atoms with Gasteiger partial charge in [-0.05, 0) is 25.5 Å². The first-order valence-electron chi connectivity index (χ1n) is 5.95. The highest BCUT2D eigenvalue weighted by molar-refractivity contribution is 6.34. The second-order valence-electron chi connectivity index (χ2n) is 4.52. The van der Waals surface area contributed by atoms with E-state index in [1.807, 2.05) is 6.92 Å². The number of aromatic carboxylic acids is 1. The van der Waals surface area contributed by atoms with Gasteiger partial charge in [0, 0.05) is 18.6 Å². The third-order valence-corrected chi connectivity index (χ3v) is 3.60. The van der Waals surface area contributed by atoms with Crippen molar-refractivity contribution in [1.82, 2.24) is 0 Å². The number of carbonyl (C=O) groups is 1. The SMILES string of the molecule is CC(Nc1cccc(Cl)c1C(=O)O)C1CCOC1. The van der Waals surface area contributed by atoms with Crippen molar-refractivity contribution in [3.05, 3.63) is 28.8 Å². The van der Waals surface area contributed by atoms with Gasteiger partial charge in [-0.1, -0.05) is 17.7 Å². The number of halogens is 1. The molecule has 2 N–H and O–H groups in total. The predicted molar refractivity (Wildman–Crippen MR) is 70.4 cm³/mol. The standard InChI is InChI=1S/C13H16ClNO3/c1-8(9-5-6-18-7-9)15-11-4-2-3-10(14)12(11)13(16)17/h2-4,8-9,15H,5-7H2,1H3,(H,16,17). The number of nitrogens with one attached hydrogen (secondary N) is 1. The number of carboxylic acid groups (broad SMARTS) is 1. The zero-order valence-electron chi connectivity index (χ0n) is 10.1. The smallest absolute Gasteiger partial charge is 0.339 e. The molecule has 18 heavy (non-hydrogen) atoms. The molecule has 1 heterocycles. The predicted octanol–water partition coefficient (Wildman–Crippen LogP) is 2.88. The van der Waals surface area contributed by atoms with Gasteiger partial charge in [0.15, 0.2) is 0 Å². The number of anilines is 1. The minimum atomic E-state index is -1.02.